The number of halogens is 1. The van der Waals surface area contributed by atoms with Gasteiger partial charge in [-0.2, -0.15) is 0 Å². The number of rotatable bonds is 7. The maximum atomic E-state index is 13.0. The maximum absolute atomic E-state index is 13.0. The van der Waals surface area contributed by atoms with Crippen molar-refractivity contribution in [1.29, 1.82) is 0 Å². The number of ether oxygens (including phenoxy) is 2. The fourth-order valence-corrected chi connectivity index (χ4v) is 2.98. The van der Waals surface area contributed by atoms with Gasteiger partial charge in [0, 0.05) is 19.5 Å². The first-order valence-electron chi connectivity index (χ1n) is 8.51. The molecule has 1 heterocycles. The Kier molecular flexibility index (Phi) is 5.59. The number of benzene rings is 2. The van der Waals surface area contributed by atoms with Gasteiger partial charge in [0.1, 0.15) is 12.4 Å². The summed E-state index contributed by atoms with van der Waals surface area (Å²) in [6.07, 6.45) is 0.0272. The molecule has 1 N–H and O–H groups in total. The molecular weight excluding hydrogens is 353 g/mol. The third-order valence-electron chi connectivity index (χ3n) is 4.47. The summed E-state index contributed by atoms with van der Waals surface area (Å²) in [5.74, 6) is -1.06. The van der Waals surface area contributed by atoms with Crippen molar-refractivity contribution in [3.63, 3.8) is 0 Å². The van der Waals surface area contributed by atoms with Crippen LogP contribution < -0.4 is 9.47 Å². The lowest BCUT2D eigenvalue weighted by molar-refractivity contribution is -0.141. The first kappa shape index (κ1) is 18.7. The van der Waals surface area contributed by atoms with E-state index in [-0.39, 0.29) is 31.3 Å². The van der Waals surface area contributed by atoms with Crippen LogP contribution in [0.15, 0.2) is 42.5 Å². The third-order valence-corrected chi connectivity index (χ3v) is 4.47. The van der Waals surface area contributed by atoms with E-state index in [4.69, 9.17) is 14.6 Å². The highest BCUT2D eigenvalue weighted by Gasteiger charge is 2.34. The van der Waals surface area contributed by atoms with Crippen LogP contribution in [0.3, 0.4) is 0 Å². The lowest BCUT2D eigenvalue weighted by Crippen LogP contribution is -2.25. The van der Waals surface area contributed by atoms with Gasteiger partial charge in [-0.3, -0.25) is 9.59 Å². The molecule has 142 valence electrons. The van der Waals surface area contributed by atoms with Crippen molar-refractivity contribution in [2.24, 2.45) is 5.92 Å². The second kappa shape index (κ2) is 8.07. The van der Waals surface area contributed by atoms with Crippen LogP contribution in [-0.4, -0.2) is 35.5 Å². The van der Waals surface area contributed by atoms with E-state index in [1.807, 2.05) is 6.07 Å². The molecule has 2 aromatic rings. The van der Waals surface area contributed by atoms with Crippen LogP contribution in [0.1, 0.15) is 17.5 Å². The molecule has 1 aliphatic heterocycles. The van der Waals surface area contributed by atoms with E-state index in [0.717, 1.165) is 11.1 Å². The van der Waals surface area contributed by atoms with Gasteiger partial charge >= 0.3 is 5.97 Å². The predicted molar refractivity (Wildman–Crippen MR) is 94.9 cm³/mol. The Hall–Kier alpha value is -3.09. The van der Waals surface area contributed by atoms with Gasteiger partial charge in [0.05, 0.1) is 13.0 Å². The van der Waals surface area contributed by atoms with E-state index in [1.165, 1.54) is 24.1 Å². The molecule has 27 heavy (non-hydrogen) atoms. The maximum Gasteiger partial charge on any atom is 0.308 e. The zero-order chi connectivity index (χ0) is 19.4. The first-order valence-corrected chi connectivity index (χ1v) is 8.51. The zero-order valence-electron chi connectivity index (χ0n) is 14.9. The Morgan fingerprint density at radius 2 is 1.89 bits per heavy atom. The van der Waals surface area contributed by atoms with Gasteiger partial charge < -0.3 is 19.5 Å². The lowest BCUT2D eigenvalue weighted by Gasteiger charge is -2.18. The number of nitrogens with zero attached hydrogens (tertiary/aromatic N) is 1. The number of methoxy groups -OCH3 is 1. The molecule has 1 unspecified atom stereocenters. The third kappa shape index (κ3) is 4.55. The molecule has 7 heteroatoms. The summed E-state index contributed by atoms with van der Waals surface area (Å²) in [6.45, 7) is 0.745. The summed E-state index contributed by atoms with van der Waals surface area (Å²) in [5, 5.41) is 9.08. The van der Waals surface area contributed by atoms with Gasteiger partial charge in [-0.25, -0.2) is 4.39 Å². The van der Waals surface area contributed by atoms with Crippen molar-refractivity contribution in [2.75, 3.05) is 13.7 Å². The van der Waals surface area contributed by atoms with Crippen LogP contribution in [0.4, 0.5) is 4.39 Å². The monoisotopic (exact) mass is 373 g/mol. The Labute approximate surface area is 156 Å². The van der Waals surface area contributed by atoms with Crippen molar-refractivity contribution in [2.45, 2.75) is 19.6 Å². The first-order chi connectivity index (χ1) is 13.0. The SMILES string of the molecule is COc1ccc(CN2CC(C(=O)O)CC2=O)cc1OCc1ccc(F)cc1. The van der Waals surface area contributed by atoms with E-state index in [0.29, 0.717) is 18.0 Å². The van der Waals surface area contributed by atoms with Crippen LogP contribution >= 0.6 is 0 Å². The van der Waals surface area contributed by atoms with Gasteiger partial charge in [-0.1, -0.05) is 18.2 Å². The molecule has 0 aromatic heterocycles. The van der Waals surface area contributed by atoms with Gasteiger partial charge in [0.25, 0.3) is 0 Å². The summed E-state index contributed by atoms with van der Waals surface area (Å²) in [4.78, 5) is 24.6. The average molecular weight is 373 g/mol. The Morgan fingerprint density at radius 1 is 1.19 bits per heavy atom. The van der Waals surface area contributed by atoms with Crippen LogP contribution in [0, 0.1) is 11.7 Å². The number of aliphatic carboxylic acids is 1. The van der Waals surface area contributed by atoms with Gasteiger partial charge in [-0.05, 0) is 35.4 Å². The molecule has 0 radical (unpaired) electrons. The normalized spacial score (nSPS) is 16.4. The van der Waals surface area contributed by atoms with Gasteiger partial charge in [-0.15, -0.1) is 0 Å². The van der Waals surface area contributed by atoms with Crippen LogP contribution in [-0.2, 0) is 22.7 Å². The fraction of sp³-hybridized carbons (Fsp3) is 0.300. The average Bonchev–Trinajstić information content (AvgIpc) is 3.02. The van der Waals surface area contributed by atoms with Crippen molar-refractivity contribution in [1.82, 2.24) is 4.90 Å². The number of likely N-dealkylation sites (tertiary alicyclic amines) is 1. The fourth-order valence-electron chi connectivity index (χ4n) is 2.98. The highest BCUT2D eigenvalue weighted by molar-refractivity contribution is 5.86. The molecule has 2 aromatic carbocycles. The molecule has 0 saturated carbocycles. The van der Waals surface area contributed by atoms with Crippen molar-refractivity contribution >= 4 is 11.9 Å². The number of carboxylic acids is 1. The summed E-state index contributed by atoms with van der Waals surface area (Å²) in [7, 11) is 1.53. The van der Waals surface area contributed by atoms with E-state index >= 15 is 0 Å². The largest absolute Gasteiger partial charge is 0.493 e. The van der Waals surface area contributed by atoms with Crippen LogP contribution in [0.5, 0.6) is 11.5 Å². The molecule has 0 aliphatic carbocycles. The molecule has 1 amide bonds. The molecular formula is C20H20FNO5. The lowest BCUT2D eigenvalue weighted by atomic mass is 10.1. The minimum atomic E-state index is -0.955. The molecule has 6 nitrogen and oxygen atoms in total. The number of hydrogen-bond donors (Lipinski definition) is 1. The van der Waals surface area contributed by atoms with Crippen molar-refractivity contribution in [3.05, 3.63) is 59.4 Å². The zero-order valence-corrected chi connectivity index (χ0v) is 14.9. The molecule has 1 atom stereocenters. The Morgan fingerprint density at radius 3 is 2.52 bits per heavy atom. The second-order valence-electron chi connectivity index (χ2n) is 6.41. The second-order valence-corrected chi connectivity index (χ2v) is 6.41. The number of carbonyl (C=O) groups is 2. The van der Waals surface area contributed by atoms with Gasteiger partial charge in [0.2, 0.25) is 5.91 Å². The molecule has 1 fully saturated rings. The standard InChI is InChI=1S/C20H20FNO5/c1-26-17-7-4-14(10-22-11-15(20(24)25)9-19(22)23)8-18(17)27-12-13-2-5-16(21)6-3-13/h2-8,15H,9-12H2,1H3,(H,24,25). The smallest absolute Gasteiger partial charge is 0.308 e. The summed E-state index contributed by atoms with van der Waals surface area (Å²) in [6, 6.07) is 11.3. The van der Waals surface area contributed by atoms with E-state index < -0.39 is 11.9 Å². The topological polar surface area (TPSA) is 76.1 Å². The Bertz CT molecular complexity index is 837. The number of carbonyl (C=O) groups excluding carboxylic acids is 1. The summed E-state index contributed by atoms with van der Waals surface area (Å²) in [5.41, 5.74) is 1.62. The van der Waals surface area contributed by atoms with Crippen LogP contribution in [0.2, 0.25) is 0 Å². The Balaban J connectivity index is 1.70. The summed E-state index contributed by atoms with van der Waals surface area (Å²) >= 11 is 0. The van der Waals surface area contributed by atoms with E-state index in [9.17, 15) is 14.0 Å². The number of hydrogen-bond acceptors (Lipinski definition) is 4. The molecule has 1 aliphatic rings. The highest BCUT2D eigenvalue weighted by Crippen LogP contribution is 2.30. The summed E-state index contributed by atoms with van der Waals surface area (Å²) < 4.78 is 24.1. The molecule has 0 bridgehead atoms. The van der Waals surface area contributed by atoms with Gasteiger partial charge in [0.15, 0.2) is 11.5 Å². The predicted octanol–water partition coefficient (Wildman–Crippen LogP) is 2.85. The van der Waals surface area contributed by atoms with Crippen molar-refractivity contribution in [3.8, 4) is 11.5 Å². The molecule has 3 rings (SSSR count). The van der Waals surface area contributed by atoms with E-state index in [2.05, 4.69) is 0 Å². The highest BCUT2D eigenvalue weighted by atomic mass is 19.1. The minimum absolute atomic E-state index is 0.0272. The number of amides is 1. The van der Waals surface area contributed by atoms with E-state index in [1.54, 1.807) is 24.3 Å². The minimum Gasteiger partial charge on any atom is -0.493 e. The quantitative estimate of drug-likeness (QED) is 0.808. The van der Waals surface area contributed by atoms with Crippen molar-refractivity contribution < 1.29 is 28.6 Å². The molecule has 1 saturated heterocycles. The number of carboxylic acid groups (broad SMARTS) is 1. The van der Waals surface area contributed by atoms with Crippen LogP contribution in [0.25, 0.3) is 0 Å². The molecule has 0 spiro atoms.